The molecule has 0 unspecified atom stereocenters. The molecule has 0 amide bonds. The first kappa shape index (κ1) is 15.5. The molecular formula is C8H5N2NaO6. The Balaban J connectivity index is 0.00000256. The van der Waals surface area contributed by atoms with Crippen molar-refractivity contribution >= 4 is 17.3 Å². The van der Waals surface area contributed by atoms with Crippen molar-refractivity contribution in [2.45, 2.75) is 6.42 Å². The van der Waals surface area contributed by atoms with E-state index in [1.165, 1.54) is 0 Å². The minimum atomic E-state index is -1.49. The van der Waals surface area contributed by atoms with E-state index in [2.05, 4.69) is 0 Å². The number of aliphatic carboxylic acids is 1. The monoisotopic (exact) mass is 248 g/mol. The molecule has 8 nitrogen and oxygen atoms in total. The smallest absolute Gasteiger partial charge is 0.550 e. The molecule has 0 atom stereocenters. The van der Waals surface area contributed by atoms with Crippen molar-refractivity contribution in [2.24, 2.45) is 0 Å². The normalized spacial score (nSPS) is 9.18. The van der Waals surface area contributed by atoms with Crippen LogP contribution in [0, 0.1) is 20.2 Å². The van der Waals surface area contributed by atoms with Gasteiger partial charge < -0.3 is 9.90 Å². The van der Waals surface area contributed by atoms with Gasteiger partial charge in [0.25, 0.3) is 11.4 Å². The Hall–Kier alpha value is -1.51. The van der Waals surface area contributed by atoms with Crippen LogP contribution >= 0.6 is 0 Å². The molecule has 0 radical (unpaired) electrons. The van der Waals surface area contributed by atoms with Crippen molar-refractivity contribution < 1.29 is 49.3 Å². The zero-order chi connectivity index (χ0) is 12.3. The van der Waals surface area contributed by atoms with Gasteiger partial charge in [-0.2, -0.15) is 0 Å². The van der Waals surface area contributed by atoms with E-state index in [1.54, 1.807) is 0 Å². The molecule has 84 valence electrons. The van der Waals surface area contributed by atoms with Crippen molar-refractivity contribution in [3.05, 3.63) is 44.0 Å². The van der Waals surface area contributed by atoms with Gasteiger partial charge in [0.15, 0.2) is 0 Å². The molecule has 0 saturated carbocycles. The molecule has 1 aromatic rings. The third kappa shape index (κ3) is 4.10. The van der Waals surface area contributed by atoms with Crippen molar-refractivity contribution in [3.63, 3.8) is 0 Å². The van der Waals surface area contributed by atoms with Crippen molar-refractivity contribution in [1.82, 2.24) is 0 Å². The number of carbonyl (C=O) groups is 1. The van der Waals surface area contributed by atoms with Gasteiger partial charge in [-0.25, -0.2) is 0 Å². The van der Waals surface area contributed by atoms with Gasteiger partial charge >= 0.3 is 29.6 Å². The first-order chi connectivity index (χ1) is 7.41. The Morgan fingerprint density at radius 2 is 1.76 bits per heavy atom. The van der Waals surface area contributed by atoms with Crippen molar-refractivity contribution in [2.75, 3.05) is 0 Å². The summed E-state index contributed by atoms with van der Waals surface area (Å²) >= 11 is 0. The van der Waals surface area contributed by atoms with Crippen LogP contribution in [0.5, 0.6) is 0 Å². The third-order valence-corrected chi connectivity index (χ3v) is 1.81. The van der Waals surface area contributed by atoms with Crippen molar-refractivity contribution in [1.29, 1.82) is 0 Å². The van der Waals surface area contributed by atoms with E-state index in [9.17, 15) is 30.1 Å². The fourth-order valence-electron chi connectivity index (χ4n) is 1.14. The summed E-state index contributed by atoms with van der Waals surface area (Å²) in [6, 6.07) is 2.76. The number of nitro benzene ring substituents is 2. The molecule has 0 aliphatic rings. The van der Waals surface area contributed by atoms with Crippen molar-refractivity contribution in [3.8, 4) is 0 Å². The van der Waals surface area contributed by atoms with Crippen LogP contribution in [0.25, 0.3) is 0 Å². The molecule has 0 heterocycles. The number of carboxylic acid groups (broad SMARTS) is 1. The maximum atomic E-state index is 10.5. The quantitative estimate of drug-likeness (QED) is 0.313. The predicted molar refractivity (Wildman–Crippen MR) is 48.5 cm³/mol. The molecule has 0 bridgehead atoms. The Morgan fingerprint density at radius 1 is 1.18 bits per heavy atom. The van der Waals surface area contributed by atoms with Crippen LogP contribution in [0.1, 0.15) is 5.56 Å². The maximum Gasteiger partial charge on any atom is 1.00 e. The molecule has 0 fully saturated rings. The SMILES string of the molecule is O=C([O-])Cc1ccc([N+](=O)[O-])cc1[N+](=O)[O-].[Na+]. The molecule has 0 aliphatic heterocycles. The minimum absolute atomic E-state index is 0. The second-order valence-electron chi connectivity index (χ2n) is 2.88. The number of benzene rings is 1. The Kier molecular flexibility index (Phi) is 5.72. The number of rotatable bonds is 4. The van der Waals surface area contributed by atoms with E-state index in [0.29, 0.717) is 0 Å². The number of nitro groups is 2. The summed E-state index contributed by atoms with van der Waals surface area (Å²) in [7, 11) is 0. The van der Waals surface area contributed by atoms with Gasteiger partial charge in [0, 0.05) is 24.0 Å². The van der Waals surface area contributed by atoms with Gasteiger partial charge in [0.2, 0.25) is 0 Å². The van der Waals surface area contributed by atoms with E-state index < -0.39 is 33.6 Å². The molecule has 17 heavy (non-hydrogen) atoms. The number of carbonyl (C=O) groups excluding carboxylic acids is 1. The summed E-state index contributed by atoms with van der Waals surface area (Å²) < 4.78 is 0. The number of hydrogen-bond donors (Lipinski definition) is 0. The molecule has 0 spiro atoms. The summed E-state index contributed by atoms with van der Waals surface area (Å²) in [6.45, 7) is 0. The van der Waals surface area contributed by atoms with E-state index in [-0.39, 0.29) is 35.1 Å². The fourth-order valence-corrected chi connectivity index (χ4v) is 1.14. The van der Waals surface area contributed by atoms with Crippen LogP contribution in [0.15, 0.2) is 18.2 Å². The largest absolute Gasteiger partial charge is 1.00 e. The third-order valence-electron chi connectivity index (χ3n) is 1.81. The molecule has 1 aromatic carbocycles. The summed E-state index contributed by atoms with van der Waals surface area (Å²) in [6.07, 6.45) is -0.658. The van der Waals surface area contributed by atoms with E-state index in [0.717, 1.165) is 18.2 Å². The number of hydrogen-bond acceptors (Lipinski definition) is 6. The van der Waals surface area contributed by atoms with Crippen LogP contribution in [-0.4, -0.2) is 15.8 Å². The molecule has 0 aliphatic carbocycles. The molecular weight excluding hydrogens is 243 g/mol. The van der Waals surface area contributed by atoms with Crippen LogP contribution in [0.3, 0.4) is 0 Å². The van der Waals surface area contributed by atoms with Crippen LogP contribution in [0.2, 0.25) is 0 Å². The van der Waals surface area contributed by atoms with Crippen LogP contribution in [-0.2, 0) is 11.2 Å². The predicted octanol–water partition coefficient (Wildman–Crippen LogP) is -3.20. The Morgan fingerprint density at radius 3 is 2.18 bits per heavy atom. The van der Waals surface area contributed by atoms with Gasteiger partial charge in [-0.1, -0.05) is 0 Å². The van der Waals surface area contributed by atoms with Gasteiger partial charge in [0.05, 0.1) is 15.9 Å². The summed E-state index contributed by atoms with van der Waals surface area (Å²) in [4.78, 5) is 29.5. The Labute approximate surface area is 117 Å². The minimum Gasteiger partial charge on any atom is -0.550 e. The topological polar surface area (TPSA) is 126 Å². The fraction of sp³-hybridized carbons (Fsp3) is 0.125. The average molecular weight is 248 g/mol. The standard InChI is InChI=1S/C8H6N2O6.Na/c11-8(12)3-5-1-2-6(9(13)14)4-7(5)10(15)16;/h1-2,4H,3H2,(H,11,12);/q;+1/p-1. The molecule has 9 heteroatoms. The van der Waals surface area contributed by atoms with Crippen LogP contribution in [0.4, 0.5) is 11.4 Å². The molecule has 0 saturated heterocycles. The van der Waals surface area contributed by atoms with E-state index >= 15 is 0 Å². The van der Waals surface area contributed by atoms with E-state index in [1.807, 2.05) is 0 Å². The summed E-state index contributed by atoms with van der Waals surface area (Å²) in [5.41, 5.74) is -1.19. The van der Waals surface area contributed by atoms with Gasteiger partial charge in [0.1, 0.15) is 0 Å². The average Bonchev–Trinajstić information content (AvgIpc) is 2.16. The second-order valence-corrected chi connectivity index (χ2v) is 2.88. The zero-order valence-corrected chi connectivity index (χ0v) is 10.8. The zero-order valence-electron chi connectivity index (χ0n) is 8.78. The summed E-state index contributed by atoms with van der Waals surface area (Å²) in [5.74, 6) is -1.49. The number of carboxylic acids is 1. The van der Waals surface area contributed by atoms with E-state index in [4.69, 9.17) is 0 Å². The molecule has 1 rings (SSSR count). The summed E-state index contributed by atoms with van der Waals surface area (Å²) in [5, 5.41) is 31.2. The first-order valence-electron chi connectivity index (χ1n) is 4.03. The van der Waals surface area contributed by atoms with Crippen LogP contribution < -0.4 is 34.7 Å². The van der Waals surface area contributed by atoms with Gasteiger partial charge in [-0.05, 0) is 6.07 Å². The first-order valence-corrected chi connectivity index (χ1v) is 4.03. The molecule has 0 N–H and O–H groups in total. The van der Waals surface area contributed by atoms with Gasteiger partial charge in [-0.15, -0.1) is 0 Å². The second kappa shape index (κ2) is 6.28. The number of non-ortho nitro benzene ring substituents is 1. The molecule has 0 aromatic heterocycles. The maximum absolute atomic E-state index is 10.5. The Bertz CT molecular complexity index is 475. The number of nitrogens with zero attached hydrogens (tertiary/aromatic N) is 2. The van der Waals surface area contributed by atoms with Gasteiger partial charge in [-0.3, -0.25) is 20.2 Å².